The first-order valence-corrected chi connectivity index (χ1v) is 7.38. The Morgan fingerprint density at radius 2 is 2.17 bits per heavy atom. The zero-order valence-electron chi connectivity index (χ0n) is 10.0. The molecule has 1 fully saturated rings. The lowest BCUT2D eigenvalue weighted by Gasteiger charge is -2.20. The largest absolute Gasteiger partial charge is 0.480 e. The number of hydrogen-bond donors (Lipinski definition) is 1. The van der Waals surface area contributed by atoms with Crippen LogP contribution in [0, 0.1) is 0 Å². The van der Waals surface area contributed by atoms with Gasteiger partial charge in [0.25, 0.3) is 0 Å². The zero-order chi connectivity index (χ0) is 13.0. The van der Waals surface area contributed by atoms with E-state index in [4.69, 9.17) is 16.7 Å². The predicted octanol–water partition coefficient (Wildman–Crippen LogP) is 2.98. The Labute approximate surface area is 116 Å². The van der Waals surface area contributed by atoms with Crippen LogP contribution in [-0.4, -0.2) is 40.9 Å². The summed E-state index contributed by atoms with van der Waals surface area (Å²) in [4.78, 5) is 14.3. The Kier molecular flexibility index (Phi) is 4.92. The van der Waals surface area contributed by atoms with Crippen molar-refractivity contribution in [3.05, 3.63) is 29.3 Å². The zero-order valence-corrected chi connectivity index (χ0v) is 11.6. The van der Waals surface area contributed by atoms with Gasteiger partial charge < -0.3 is 5.11 Å². The summed E-state index contributed by atoms with van der Waals surface area (Å²) in [5, 5.41) is 9.81. The molecule has 0 saturated carbocycles. The summed E-state index contributed by atoms with van der Waals surface area (Å²) in [6.45, 7) is 1.72. The minimum atomic E-state index is -0.691. The van der Waals surface area contributed by atoms with E-state index < -0.39 is 5.97 Å². The molecule has 0 aliphatic carbocycles. The van der Waals surface area contributed by atoms with Crippen molar-refractivity contribution in [1.82, 2.24) is 4.90 Å². The lowest BCUT2D eigenvalue weighted by molar-refractivity contribution is -0.142. The Hall–Kier alpha value is -0.710. The fourth-order valence-corrected chi connectivity index (χ4v) is 3.20. The third-order valence-electron chi connectivity index (χ3n) is 3.11. The molecule has 1 aromatic carbocycles. The van der Waals surface area contributed by atoms with Crippen LogP contribution in [0.3, 0.4) is 0 Å². The molecule has 1 N–H and O–H groups in total. The van der Waals surface area contributed by atoms with Crippen LogP contribution in [0.2, 0.25) is 5.02 Å². The number of aliphatic carboxylic acids is 1. The molecule has 18 heavy (non-hydrogen) atoms. The maximum absolute atomic E-state index is 11.0. The molecule has 0 unspecified atom stereocenters. The first-order valence-electron chi connectivity index (χ1n) is 6.02. The molecule has 1 atom stereocenters. The van der Waals surface area contributed by atoms with Gasteiger partial charge in [-0.15, -0.1) is 11.8 Å². The predicted molar refractivity (Wildman–Crippen MR) is 74.4 cm³/mol. The van der Waals surface area contributed by atoms with Crippen LogP contribution >= 0.6 is 23.4 Å². The fourth-order valence-electron chi connectivity index (χ4n) is 2.19. The number of carboxylic acids is 1. The molecule has 1 saturated heterocycles. The van der Waals surface area contributed by atoms with Crippen molar-refractivity contribution in [2.75, 3.05) is 18.8 Å². The first-order chi connectivity index (χ1) is 8.66. The molecule has 1 heterocycles. The van der Waals surface area contributed by atoms with Crippen LogP contribution in [0.1, 0.15) is 12.8 Å². The van der Waals surface area contributed by atoms with Gasteiger partial charge in [-0.25, -0.2) is 0 Å². The SMILES string of the molecule is O=C(O)[C@@H]1CCCN1CCSc1ccc(Cl)cc1. The Morgan fingerprint density at radius 3 is 2.83 bits per heavy atom. The van der Waals surface area contributed by atoms with Crippen molar-refractivity contribution in [3.8, 4) is 0 Å². The minimum Gasteiger partial charge on any atom is -0.480 e. The number of likely N-dealkylation sites (tertiary alicyclic amines) is 1. The van der Waals surface area contributed by atoms with Crippen LogP contribution in [0.4, 0.5) is 0 Å². The third-order valence-corrected chi connectivity index (χ3v) is 4.35. The van der Waals surface area contributed by atoms with E-state index >= 15 is 0 Å². The summed E-state index contributed by atoms with van der Waals surface area (Å²) in [6.07, 6.45) is 1.77. The summed E-state index contributed by atoms with van der Waals surface area (Å²) in [7, 11) is 0. The maximum atomic E-state index is 11.0. The van der Waals surface area contributed by atoms with Gasteiger partial charge in [-0.05, 0) is 43.7 Å². The van der Waals surface area contributed by atoms with Crippen LogP contribution in [0.25, 0.3) is 0 Å². The van der Waals surface area contributed by atoms with Crippen molar-refractivity contribution in [3.63, 3.8) is 0 Å². The van der Waals surface area contributed by atoms with Gasteiger partial charge in [0.15, 0.2) is 0 Å². The summed E-state index contributed by atoms with van der Waals surface area (Å²) in [6, 6.07) is 7.45. The van der Waals surface area contributed by atoms with Crippen LogP contribution in [-0.2, 0) is 4.79 Å². The molecule has 5 heteroatoms. The number of carbonyl (C=O) groups is 1. The van der Waals surface area contributed by atoms with Gasteiger partial charge in [-0.2, -0.15) is 0 Å². The van der Waals surface area contributed by atoms with Gasteiger partial charge in [-0.3, -0.25) is 9.69 Å². The molecule has 98 valence electrons. The highest BCUT2D eigenvalue weighted by atomic mass is 35.5. The number of rotatable bonds is 5. The molecular weight excluding hydrogens is 270 g/mol. The highest BCUT2D eigenvalue weighted by molar-refractivity contribution is 7.99. The van der Waals surface area contributed by atoms with Crippen LogP contribution < -0.4 is 0 Å². The highest BCUT2D eigenvalue weighted by Gasteiger charge is 2.29. The molecule has 0 bridgehead atoms. The van der Waals surface area contributed by atoms with Gasteiger partial charge in [-0.1, -0.05) is 11.6 Å². The molecule has 0 spiro atoms. The van der Waals surface area contributed by atoms with Gasteiger partial charge in [0.2, 0.25) is 0 Å². The van der Waals surface area contributed by atoms with Crippen LogP contribution in [0.5, 0.6) is 0 Å². The van der Waals surface area contributed by atoms with Crippen molar-refractivity contribution in [2.45, 2.75) is 23.8 Å². The second-order valence-corrected chi connectivity index (χ2v) is 5.94. The molecule has 3 nitrogen and oxygen atoms in total. The molecular formula is C13H16ClNO2S. The van der Waals surface area contributed by atoms with E-state index in [1.807, 2.05) is 24.3 Å². The number of halogens is 1. The lowest BCUT2D eigenvalue weighted by atomic mass is 10.2. The van der Waals surface area contributed by atoms with Crippen molar-refractivity contribution in [1.29, 1.82) is 0 Å². The van der Waals surface area contributed by atoms with E-state index in [-0.39, 0.29) is 6.04 Å². The topological polar surface area (TPSA) is 40.5 Å². The molecule has 1 aliphatic heterocycles. The minimum absolute atomic E-state index is 0.282. The Bertz CT molecular complexity index is 410. The van der Waals surface area contributed by atoms with Gasteiger partial charge in [0.05, 0.1) is 0 Å². The summed E-state index contributed by atoms with van der Waals surface area (Å²) < 4.78 is 0. The number of benzene rings is 1. The highest BCUT2D eigenvalue weighted by Crippen LogP contribution is 2.22. The summed E-state index contributed by atoms with van der Waals surface area (Å²) in [5.74, 6) is 0.217. The standard InChI is InChI=1S/C13H16ClNO2S/c14-10-3-5-11(6-4-10)18-9-8-15-7-1-2-12(15)13(16)17/h3-6,12H,1-2,7-9H2,(H,16,17)/t12-/m0/s1. The van der Waals surface area contributed by atoms with E-state index in [9.17, 15) is 4.79 Å². The summed E-state index contributed by atoms with van der Waals surface area (Å²) in [5.41, 5.74) is 0. The van der Waals surface area contributed by atoms with Crippen molar-refractivity contribution >= 4 is 29.3 Å². The number of carboxylic acid groups (broad SMARTS) is 1. The molecule has 0 aromatic heterocycles. The van der Waals surface area contributed by atoms with E-state index in [0.717, 1.165) is 36.7 Å². The Balaban J connectivity index is 1.78. The first kappa shape index (κ1) is 13.7. The number of thioether (sulfide) groups is 1. The van der Waals surface area contributed by atoms with Gasteiger partial charge in [0.1, 0.15) is 6.04 Å². The van der Waals surface area contributed by atoms with E-state index in [0.29, 0.717) is 0 Å². The summed E-state index contributed by atoms with van der Waals surface area (Å²) >= 11 is 7.56. The average molecular weight is 286 g/mol. The third kappa shape index (κ3) is 3.64. The van der Waals surface area contributed by atoms with Crippen molar-refractivity contribution in [2.24, 2.45) is 0 Å². The lowest BCUT2D eigenvalue weighted by Crippen LogP contribution is -2.37. The normalized spacial score (nSPS) is 20.2. The van der Waals surface area contributed by atoms with E-state index in [1.165, 1.54) is 4.90 Å². The maximum Gasteiger partial charge on any atom is 0.320 e. The monoisotopic (exact) mass is 285 g/mol. The van der Waals surface area contributed by atoms with Gasteiger partial charge in [0, 0.05) is 22.2 Å². The van der Waals surface area contributed by atoms with Crippen LogP contribution in [0.15, 0.2) is 29.2 Å². The smallest absolute Gasteiger partial charge is 0.320 e. The number of nitrogens with zero attached hydrogens (tertiary/aromatic N) is 1. The van der Waals surface area contributed by atoms with E-state index in [2.05, 4.69) is 4.90 Å². The Morgan fingerprint density at radius 1 is 1.44 bits per heavy atom. The van der Waals surface area contributed by atoms with E-state index in [1.54, 1.807) is 11.8 Å². The molecule has 1 aliphatic rings. The molecule has 0 amide bonds. The molecule has 2 rings (SSSR count). The second-order valence-electron chi connectivity index (χ2n) is 4.33. The second kappa shape index (κ2) is 6.45. The molecule has 1 aromatic rings. The number of hydrogen-bond acceptors (Lipinski definition) is 3. The van der Waals surface area contributed by atoms with Gasteiger partial charge >= 0.3 is 5.97 Å². The molecule has 0 radical (unpaired) electrons. The fraction of sp³-hybridized carbons (Fsp3) is 0.462. The average Bonchev–Trinajstić information content (AvgIpc) is 2.80. The quantitative estimate of drug-likeness (QED) is 0.845. The van der Waals surface area contributed by atoms with Crippen molar-refractivity contribution < 1.29 is 9.90 Å².